The van der Waals surface area contributed by atoms with E-state index in [4.69, 9.17) is 9.47 Å². The Morgan fingerprint density at radius 2 is 1.74 bits per heavy atom. The summed E-state index contributed by atoms with van der Waals surface area (Å²) in [5, 5.41) is 2.63. The number of rotatable bonds is 9. The Morgan fingerprint density at radius 3 is 2.45 bits per heavy atom. The molecule has 8 nitrogen and oxygen atoms in total. The maximum atomic E-state index is 12.7. The minimum atomic E-state index is -0.750. The molecule has 0 aromatic heterocycles. The summed E-state index contributed by atoms with van der Waals surface area (Å²) in [7, 11) is 1.52. The van der Waals surface area contributed by atoms with Crippen LogP contribution in [0, 0.1) is 0 Å². The molecule has 1 aliphatic heterocycles. The third kappa shape index (κ3) is 5.35. The Labute approximate surface area is 180 Å². The predicted molar refractivity (Wildman–Crippen MR) is 112 cm³/mol. The quantitative estimate of drug-likeness (QED) is 0.487. The predicted octanol–water partition coefficient (Wildman–Crippen LogP) is 1.83. The molecule has 0 saturated carbocycles. The number of methoxy groups -OCH3 is 1. The molecule has 0 spiro atoms. The van der Waals surface area contributed by atoms with Gasteiger partial charge in [0.15, 0.2) is 6.61 Å². The highest BCUT2D eigenvalue weighted by Gasteiger charge is 2.35. The van der Waals surface area contributed by atoms with E-state index in [1.54, 1.807) is 6.92 Å². The zero-order valence-corrected chi connectivity index (χ0v) is 17.4. The first-order valence-corrected chi connectivity index (χ1v) is 9.90. The molecule has 2 aromatic rings. The van der Waals surface area contributed by atoms with Crippen LogP contribution in [0.2, 0.25) is 0 Å². The standard InChI is InChI=1S/C23H24N2O6/c1-15(13-30-2)24-20(26)14-31-23(29)17-8-9-18-19(12-17)22(28)25(21(18)27)11-10-16-6-4-3-5-7-16/h3-9,12,15H,10-11,13-14H2,1-2H3,(H,24,26)/t15-/m0/s1. The van der Waals surface area contributed by atoms with E-state index in [0.29, 0.717) is 13.0 Å². The first kappa shape index (κ1) is 22.2. The molecule has 3 rings (SSSR count). The van der Waals surface area contributed by atoms with Crippen LogP contribution >= 0.6 is 0 Å². The average Bonchev–Trinajstić information content (AvgIpc) is 3.00. The molecule has 0 unspecified atom stereocenters. The number of hydrogen-bond donors (Lipinski definition) is 1. The van der Waals surface area contributed by atoms with E-state index in [-0.39, 0.29) is 35.2 Å². The van der Waals surface area contributed by atoms with Crippen molar-refractivity contribution in [1.82, 2.24) is 10.2 Å². The highest BCUT2D eigenvalue weighted by Crippen LogP contribution is 2.24. The molecule has 8 heteroatoms. The normalized spacial score (nSPS) is 13.7. The SMILES string of the molecule is COC[C@H](C)NC(=O)COC(=O)c1ccc2c(c1)C(=O)N(CCc1ccccc1)C2=O. The number of fused-ring (bicyclic) bond motifs is 1. The first-order valence-electron chi connectivity index (χ1n) is 9.90. The van der Waals surface area contributed by atoms with Crippen LogP contribution in [0.15, 0.2) is 48.5 Å². The summed E-state index contributed by atoms with van der Waals surface area (Å²) in [6.07, 6.45) is 0.539. The fraction of sp³-hybridized carbons (Fsp3) is 0.304. The second-order valence-corrected chi connectivity index (χ2v) is 7.26. The number of carbonyl (C=O) groups excluding carboxylic acids is 4. The van der Waals surface area contributed by atoms with E-state index in [9.17, 15) is 19.2 Å². The van der Waals surface area contributed by atoms with Crippen molar-refractivity contribution >= 4 is 23.7 Å². The van der Waals surface area contributed by atoms with Gasteiger partial charge >= 0.3 is 5.97 Å². The van der Waals surface area contributed by atoms with Gasteiger partial charge < -0.3 is 14.8 Å². The molecule has 1 aliphatic rings. The van der Waals surface area contributed by atoms with Crippen LogP contribution in [0.5, 0.6) is 0 Å². The lowest BCUT2D eigenvalue weighted by molar-refractivity contribution is -0.125. The molecule has 0 fully saturated rings. The summed E-state index contributed by atoms with van der Waals surface area (Å²) in [6.45, 7) is 1.88. The molecule has 1 heterocycles. The van der Waals surface area contributed by atoms with Gasteiger partial charge in [-0.15, -0.1) is 0 Å². The van der Waals surface area contributed by atoms with E-state index >= 15 is 0 Å². The van der Waals surface area contributed by atoms with E-state index < -0.39 is 24.4 Å². The number of benzene rings is 2. The van der Waals surface area contributed by atoms with Crippen LogP contribution in [0.4, 0.5) is 0 Å². The van der Waals surface area contributed by atoms with Gasteiger partial charge in [0.25, 0.3) is 17.7 Å². The molecule has 0 saturated heterocycles. The van der Waals surface area contributed by atoms with Crippen LogP contribution in [0.3, 0.4) is 0 Å². The zero-order valence-electron chi connectivity index (χ0n) is 17.4. The largest absolute Gasteiger partial charge is 0.452 e. The molecule has 3 amide bonds. The monoisotopic (exact) mass is 424 g/mol. The first-order chi connectivity index (χ1) is 14.9. The lowest BCUT2D eigenvalue weighted by Gasteiger charge is -2.13. The highest BCUT2D eigenvalue weighted by atomic mass is 16.5. The Morgan fingerprint density at radius 1 is 1.03 bits per heavy atom. The molecule has 2 aromatic carbocycles. The summed E-state index contributed by atoms with van der Waals surface area (Å²) >= 11 is 0. The van der Waals surface area contributed by atoms with E-state index in [0.717, 1.165) is 5.56 Å². The van der Waals surface area contributed by atoms with Crippen molar-refractivity contribution in [2.75, 3.05) is 26.9 Å². The molecule has 0 radical (unpaired) electrons. The van der Waals surface area contributed by atoms with Gasteiger partial charge in [-0.25, -0.2) is 4.79 Å². The van der Waals surface area contributed by atoms with Crippen LogP contribution in [0.1, 0.15) is 43.6 Å². The Hall–Kier alpha value is -3.52. The van der Waals surface area contributed by atoms with Gasteiger partial charge in [-0.1, -0.05) is 30.3 Å². The van der Waals surface area contributed by atoms with Gasteiger partial charge in [0, 0.05) is 19.7 Å². The van der Waals surface area contributed by atoms with Crippen LogP contribution in [0.25, 0.3) is 0 Å². The van der Waals surface area contributed by atoms with Crippen LogP contribution in [-0.2, 0) is 20.7 Å². The topological polar surface area (TPSA) is 102 Å². The Kier molecular flexibility index (Phi) is 7.15. The summed E-state index contributed by atoms with van der Waals surface area (Å²) in [5.41, 5.74) is 1.52. The zero-order chi connectivity index (χ0) is 22.4. The van der Waals surface area contributed by atoms with Gasteiger partial charge in [-0.3, -0.25) is 19.3 Å². The van der Waals surface area contributed by atoms with Crippen molar-refractivity contribution in [3.8, 4) is 0 Å². The van der Waals surface area contributed by atoms with Crippen molar-refractivity contribution in [2.24, 2.45) is 0 Å². The van der Waals surface area contributed by atoms with E-state index in [1.165, 1.54) is 30.2 Å². The van der Waals surface area contributed by atoms with E-state index in [1.807, 2.05) is 30.3 Å². The molecule has 162 valence electrons. The maximum Gasteiger partial charge on any atom is 0.338 e. The van der Waals surface area contributed by atoms with Crippen LogP contribution in [-0.4, -0.2) is 61.5 Å². The maximum absolute atomic E-state index is 12.7. The van der Waals surface area contributed by atoms with Gasteiger partial charge in [0.1, 0.15) is 0 Å². The summed E-state index contributed by atoms with van der Waals surface area (Å²) in [5.74, 6) is -2.04. The van der Waals surface area contributed by atoms with Gasteiger partial charge in [0.2, 0.25) is 0 Å². The van der Waals surface area contributed by atoms with Crippen molar-refractivity contribution in [2.45, 2.75) is 19.4 Å². The summed E-state index contributed by atoms with van der Waals surface area (Å²) < 4.78 is 9.95. The lowest BCUT2D eigenvalue weighted by atomic mass is 10.1. The fourth-order valence-electron chi connectivity index (χ4n) is 3.33. The number of hydrogen-bond acceptors (Lipinski definition) is 6. The fourth-order valence-corrected chi connectivity index (χ4v) is 3.33. The Bertz CT molecular complexity index is 989. The molecule has 1 N–H and O–H groups in total. The molecular weight excluding hydrogens is 400 g/mol. The van der Waals surface area contributed by atoms with Gasteiger partial charge in [-0.05, 0) is 37.1 Å². The van der Waals surface area contributed by atoms with E-state index in [2.05, 4.69) is 5.32 Å². The summed E-state index contributed by atoms with van der Waals surface area (Å²) in [6, 6.07) is 13.5. The molecule has 1 atom stereocenters. The second kappa shape index (κ2) is 9.99. The third-order valence-corrected chi connectivity index (χ3v) is 4.83. The van der Waals surface area contributed by atoms with Crippen molar-refractivity contribution < 1.29 is 28.7 Å². The smallest absolute Gasteiger partial charge is 0.338 e. The third-order valence-electron chi connectivity index (χ3n) is 4.83. The highest BCUT2D eigenvalue weighted by molar-refractivity contribution is 6.22. The van der Waals surface area contributed by atoms with Crippen molar-refractivity contribution in [3.05, 3.63) is 70.8 Å². The molecule has 0 bridgehead atoms. The van der Waals surface area contributed by atoms with Gasteiger partial charge in [0.05, 0.1) is 23.3 Å². The number of amides is 3. The minimum Gasteiger partial charge on any atom is -0.452 e. The number of carbonyl (C=O) groups is 4. The second-order valence-electron chi connectivity index (χ2n) is 7.26. The number of nitrogens with one attached hydrogen (secondary N) is 1. The molecule has 0 aliphatic carbocycles. The number of nitrogens with zero attached hydrogens (tertiary/aromatic N) is 1. The minimum absolute atomic E-state index is 0.0996. The van der Waals surface area contributed by atoms with Crippen LogP contribution < -0.4 is 5.32 Å². The number of imide groups is 1. The van der Waals surface area contributed by atoms with Crippen molar-refractivity contribution in [3.63, 3.8) is 0 Å². The van der Waals surface area contributed by atoms with Crippen molar-refractivity contribution in [1.29, 1.82) is 0 Å². The summed E-state index contributed by atoms with van der Waals surface area (Å²) in [4.78, 5) is 50.6. The van der Waals surface area contributed by atoms with Gasteiger partial charge in [-0.2, -0.15) is 0 Å². The molecule has 31 heavy (non-hydrogen) atoms. The molecular formula is C23H24N2O6. The Balaban J connectivity index is 1.61. The number of esters is 1. The lowest BCUT2D eigenvalue weighted by Crippen LogP contribution is -2.38. The number of ether oxygens (including phenoxy) is 2. The average molecular weight is 424 g/mol.